The van der Waals surface area contributed by atoms with Gasteiger partial charge >= 0.3 is 6.09 Å². The average Bonchev–Trinajstić information content (AvgIpc) is 2.76. The number of benzene rings is 2. The first-order valence-electron chi connectivity index (χ1n) is 11.2. The van der Waals surface area contributed by atoms with Crippen LogP contribution in [0.2, 0.25) is 0 Å². The molecule has 0 aromatic heterocycles. The number of carbonyl (C=O) groups is 1. The third kappa shape index (κ3) is 6.91. The van der Waals surface area contributed by atoms with E-state index >= 15 is 0 Å². The second-order valence-electron chi connectivity index (χ2n) is 9.17. The lowest BCUT2D eigenvalue weighted by Gasteiger charge is -2.34. The lowest BCUT2D eigenvalue weighted by molar-refractivity contribution is 0.0139. The number of methoxy groups -OCH3 is 1. The molecule has 0 unspecified atom stereocenters. The standard InChI is InChI=1S/C26H35NO4/c1-26(2,3)31-25(28)27-17-9-10-20(18-27)19-30-24-14-8-6-12-22(24)16-15-21-11-5-7-13-23(21)29-4/h5-8,11-14,20H,9-10,15-19H2,1-4H3/t20-/m1/s1. The largest absolute Gasteiger partial charge is 0.496 e. The van der Waals surface area contributed by atoms with Crippen molar-refractivity contribution in [1.82, 2.24) is 4.90 Å². The fourth-order valence-electron chi connectivity index (χ4n) is 3.93. The van der Waals surface area contributed by atoms with Gasteiger partial charge in [-0.25, -0.2) is 4.79 Å². The Morgan fingerprint density at radius 2 is 1.61 bits per heavy atom. The molecule has 168 valence electrons. The van der Waals surface area contributed by atoms with E-state index < -0.39 is 5.60 Å². The summed E-state index contributed by atoms with van der Waals surface area (Å²) in [6, 6.07) is 16.4. The molecular formula is C26H35NO4. The summed E-state index contributed by atoms with van der Waals surface area (Å²) in [5.41, 5.74) is 1.91. The van der Waals surface area contributed by atoms with Crippen LogP contribution in [0.5, 0.6) is 11.5 Å². The molecule has 1 saturated heterocycles. The summed E-state index contributed by atoms with van der Waals surface area (Å²) in [7, 11) is 1.71. The summed E-state index contributed by atoms with van der Waals surface area (Å²) in [5, 5.41) is 0. The summed E-state index contributed by atoms with van der Waals surface area (Å²) in [6.07, 6.45) is 3.58. The number of aryl methyl sites for hydroxylation is 2. The summed E-state index contributed by atoms with van der Waals surface area (Å²) in [4.78, 5) is 14.2. The monoisotopic (exact) mass is 425 g/mol. The molecule has 0 aliphatic carbocycles. The minimum Gasteiger partial charge on any atom is -0.496 e. The Balaban J connectivity index is 1.56. The third-order valence-corrected chi connectivity index (χ3v) is 5.47. The van der Waals surface area contributed by atoms with E-state index in [1.807, 2.05) is 56.0 Å². The SMILES string of the molecule is COc1ccccc1CCc1ccccc1OC[C@@H]1CCCN(C(=O)OC(C)(C)C)C1. The predicted octanol–water partition coefficient (Wildman–Crippen LogP) is 5.51. The van der Waals surface area contributed by atoms with Crippen LogP contribution >= 0.6 is 0 Å². The van der Waals surface area contributed by atoms with Gasteiger partial charge in [-0.05, 0) is 69.7 Å². The van der Waals surface area contributed by atoms with Crippen LogP contribution in [0.15, 0.2) is 48.5 Å². The summed E-state index contributed by atoms with van der Waals surface area (Å²) in [5.74, 6) is 2.15. The molecular weight excluding hydrogens is 390 g/mol. The topological polar surface area (TPSA) is 48.0 Å². The highest BCUT2D eigenvalue weighted by molar-refractivity contribution is 5.68. The molecule has 5 heteroatoms. The number of ether oxygens (including phenoxy) is 3. The Kier molecular flexibility index (Phi) is 7.83. The van der Waals surface area contributed by atoms with Gasteiger partial charge in [-0.15, -0.1) is 0 Å². The minimum absolute atomic E-state index is 0.227. The van der Waals surface area contributed by atoms with E-state index in [1.165, 1.54) is 11.1 Å². The summed E-state index contributed by atoms with van der Waals surface area (Å²) in [6.45, 7) is 7.73. The smallest absolute Gasteiger partial charge is 0.410 e. The van der Waals surface area contributed by atoms with Crippen molar-refractivity contribution in [2.24, 2.45) is 5.92 Å². The van der Waals surface area contributed by atoms with Crippen LogP contribution in [-0.4, -0.2) is 43.4 Å². The van der Waals surface area contributed by atoms with Crippen molar-refractivity contribution in [3.8, 4) is 11.5 Å². The Hall–Kier alpha value is -2.69. The van der Waals surface area contributed by atoms with E-state index in [0.717, 1.165) is 43.7 Å². The van der Waals surface area contributed by atoms with Gasteiger partial charge < -0.3 is 19.1 Å². The molecule has 2 aromatic rings. The van der Waals surface area contributed by atoms with Crippen molar-refractivity contribution in [2.45, 2.75) is 52.1 Å². The second-order valence-corrected chi connectivity index (χ2v) is 9.17. The Morgan fingerprint density at radius 3 is 2.26 bits per heavy atom. The Morgan fingerprint density at radius 1 is 1.00 bits per heavy atom. The molecule has 1 aliphatic heterocycles. The van der Waals surface area contributed by atoms with E-state index in [4.69, 9.17) is 14.2 Å². The van der Waals surface area contributed by atoms with E-state index in [9.17, 15) is 4.79 Å². The number of amides is 1. The Labute approximate surface area is 186 Å². The first-order valence-corrected chi connectivity index (χ1v) is 11.2. The highest BCUT2D eigenvalue weighted by atomic mass is 16.6. The molecule has 1 amide bonds. The first kappa shape index (κ1) is 23.0. The van der Waals surface area contributed by atoms with Gasteiger partial charge in [0.2, 0.25) is 0 Å². The number of para-hydroxylation sites is 2. The molecule has 3 rings (SSSR count). The maximum atomic E-state index is 12.4. The van der Waals surface area contributed by atoms with Crippen LogP contribution in [-0.2, 0) is 17.6 Å². The van der Waals surface area contributed by atoms with Gasteiger partial charge in [0, 0.05) is 19.0 Å². The molecule has 1 fully saturated rings. The van der Waals surface area contributed by atoms with Crippen molar-refractivity contribution in [2.75, 3.05) is 26.8 Å². The zero-order chi connectivity index (χ0) is 22.3. The normalized spacial score (nSPS) is 16.6. The molecule has 1 aliphatic rings. The number of piperidine rings is 1. The molecule has 31 heavy (non-hydrogen) atoms. The van der Waals surface area contributed by atoms with Gasteiger partial charge in [-0.2, -0.15) is 0 Å². The van der Waals surface area contributed by atoms with E-state index in [-0.39, 0.29) is 6.09 Å². The van der Waals surface area contributed by atoms with Gasteiger partial charge in [0.15, 0.2) is 0 Å². The molecule has 0 saturated carbocycles. The van der Waals surface area contributed by atoms with Gasteiger partial charge in [0.1, 0.15) is 17.1 Å². The molecule has 0 bridgehead atoms. The predicted molar refractivity (Wildman–Crippen MR) is 123 cm³/mol. The van der Waals surface area contributed by atoms with Crippen molar-refractivity contribution in [1.29, 1.82) is 0 Å². The quantitative estimate of drug-likeness (QED) is 0.587. The third-order valence-electron chi connectivity index (χ3n) is 5.47. The van der Waals surface area contributed by atoms with E-state index in [0.29, 0.717) is 19.1 Å². The number of carbonyl (C=O) groups excluding carboxylic acids is 1. The Bertz CT molecular complexity index is 858. The number of nitrogens with zero attached hydrogens (tertiary/aromatic N) is 1. The number of hydrogen-bond donors (Lipinski definition) is 0. The maximum absolute atomic E-state index is 12.4. The van der Waals surface area contributed by atoms with Crippen LogP contribution in [0.3, 0.4) is 0 Å². The summed E-state index contributed by atoms with van der Waals surface area (Å²) < 4.78 is 17.3. The van der Waals surface area contributed by atoms with Crippen LogP contribution < -0.4 is 9.47 Å². The molecule has 0 spiro atoms. The minimum atomic E-state index is -0.471. The average molecular weight is 426 g/mol. The number of likely N-dealkylation sites (tertiary alicyclic amines) is 1. The summed E-state index contributed by atoms with van der Waals surface area (Å²) >= 11 is 0. The molecule has 2 aromatic carbocycles. The van der Waals surface area contributed by atoms with E-state index in [1.54, 1.807) is 7.11 Å². The van der Waals surface area contributed by atoms with Gasteiger partial charge in [-0.3, -0.25) is 0 Å². The molecule has 1 atom stereocenters. The molecule has 0 N–H and O–H groups in total. The van der Waals surface area contributed by atoms with E-state index in [2.05, 4.69) is 18.2 Å². The fourth-order valence-corrected chi connectivity index (χ4v) is 3.93. The second kappa shape index (κ2) is 10.6. The van der Waals surface area contributed by atoms with Crippen LogP contribution in [0.25, 0.3) is 0 Å². The lowest BCUT2D eigenvalue weighted by atomic mass is 9.99. The maximum Gasteiger partial charge on any atom is 0.410 e. The lowest BCUT2D eigenvalue weighted by Crippen LogP contribution is -2.44. The van der Waals surface area contributed by atoms with Gasteiger partial charge in [0.25, 0.3) is 0 Å². The first-order chi connectivity index (χ1) is 14.9. The highest BCUT2D eigenvalue weighted by Gasteiger charge is 2.28. The van der Waals surface area contributed by atoms with Crippen LogP contribution in [0.1, 0.15) is 44.7 Å². The fraction of sp³-hybridized carbons (Fsp3) is 0.500. The van der Waals surface area contributed by atoms with Crippen molar-refractivity contribution in [3.05, 3.63) is 59.7 Å². The van der Waals surface area contributed by atoms with Gasteiger partial charge in [-0.1, -0.05) is 36.4 Å². The molecule has 0 radical (unpaired) electrons. The van der Waals surface area contributed by atoms with Crippen LogP contribution in [0, 0.1) is 5.92 Å². The van der Waals surface area contributed by atoms with Crippen molar-refractivity contribution >= 4 is 6.09 Å². The number of hydrogen-bond acceptors (Lipinski definition) is 4. The van der Waals surface area contributed by atoms with Crippen molar-refractivity contribution < 1.29 is 19.0 Å². The van der Waals surface area contributed by atoms with Crippen molar-refractivity contribution in [3.63, 3.8) is 0 Å². The molecule has 1 heterocycles. The molecule has 5 nitrogen and oxygen atoms in total. The zero-order valence-corrected chi connectivity index (χ0v) is 19.2. The van der Waals surface area contributed by atoms with Gasteiger partial charge in [0.05, 0.1) is 13.7 Å². The number of rotatable bonds is 7. The highest BCUT2D eigenvalue weighted by Crippen LogP contribution is 2.26. The van der Waals surface area contributed by atoms with Crippen LogP contribution in [0.4, 0.5) is 4.79 Å². The zero-order valence-electron chi connectivity index (χ0n) is 19.2.